The number of aromatic nitrogens is 3. The van der Waals surface area contributed by atoms with E-state index in [1.807, 2.05) is 0 Å². The molecule has 23 heavy (non-hydrogen) atoms. The van der Waals surface area contributed by atoms with Gasteiger partial charge in [0, 0.05) is 21.3 Å². The highest BCUT2D eigenvalue weighted by atomic mass is 35.5. The van der Waals surface area contributed by atoms with Crippen molar-refractivity contribution >= 4 is 29.2 Å². The minimum atomic E-state index is -0.425. The van der Waals surface area contributed by atoms with Gasteiger partial charge in [-0.3, -0.25) is 4.57 Å². The van der Waals surface area contributed by atoms with Crippen molar-refractivity contribution in [3.8, 4) is 5.69 Å². The molecule has 0 N–H and O–H groups in total. The molecule has 0 aliphatic rings. The minimum absolute atomic E-state index is 0.0853. The lowest BCUT2D eigenvalue weighted by molar-refractivity contribution is 0.0473. The van der Waals surface area contributed by atoms with E-state index in [0.29, 0.717) is 21.2 Å². The zero-order valence-corrected chi connectivity index (χ0v) is 13.3. The van der Waals surface area contributed by atoms with Crippen molar-refractivity contribution in [2.24, 2.45) is 0 Å². The lowest BCUT2D eigenvalue weighted by atomic mass is 10.2. The van der Waals surface area contributed by atoms with Crippen molar-refractivity contribution < 1.29 is 9.53 Å². The van der Waals surface area contributed by atoms with Crippen molar-refractivity contribution in [3.63, 3.8) is 0 Å². The number of carbonyl (C=O) groups is 1. The second-order valence-corrected chi connectivity index (χ2v) is 5.57. The third-order valence-electron chi connectivity index (χ3n) is 3.19. The van der Waals surface area contributed by atoms with E-state index < -0.39 is 5.97 Å². The number of nitrogens with zero attached hydrogens (tertiary/aromatic N) is 3. The predicted octanol–water partition coefficient (Wildman–Crippen LogP) is 3.93. The Morgan fingerprint density at radius 3 is 2.39 bits per heavy atom. The standard InChI is InChI=1S/C16H11Cl2N3O2/c17-13-4-1-12(15(18)7-13)8-23-16(22)11-2-5-14(6-3-11)21-9-19-20-10-21/h1-7,9-10H,8H2. The first-order valence-electron chi connectivity index (χ1n) is 6.69. The number of carbonyl (C=O) groups excluding carboxylic acids is 1. The van der Waals surface area contributed by atoms with Gasteiger partial charge in [0.1, 0.15) is 19.3 Å². The number of esters is 1. The van der Waals surface area contributed by atoms with Gasteiger partial charge in [-0.2, -0.15) is 0 Å². The molecule has 2 aromatic carbocycles. The summed E-state index contributed by atoms with van der Waals surface area (Å²) in [5, 5.41) is 8.47. The maximum atomic E-state index is 12.1. The predicted molar refractivity (Wildman–Crippen MR) is 86.9 cm³/mol. The summed E-state index contributed by atoms with van der Waals surface area (Å²) in [5.74, 6) is -0.425. The van der Waals surface area contributed by atoms with Gasteiger partial charge in [0.25, 0.3) is 0 Å². The van der Waals surface area contributed by atoms with Crippen LogP contribution in [0.15, 0.2) is 55.1 Å². The molecule has 0 fully saturated rings. The van der Waals surface area contributed by atoms with E-state index in [1.54, 1.807) is 59.7 Å². The average molecular weight is 348 g/mol. The second-order valence-electron chi connectivity index (χ2n) is 4.73. The molecule has 116 valence electrons. The van der Waals surface area contributed by atoms with E-state index in [0.717, 1.165) is 5.69 Å². The van der Waals surface area contributed by atoms with Crippen molar-refractivity contribution in [2.45, 2.75) is 6.61 Å². The molecule has 0 bridgehead atoms. The lowest BCUT2D eigenvalue weighted by Crippen LogP contribution is -2.05. The van der Waals surface area contributed by atoms with E-state index in [2.05, 4.69) is 10.2 Å². The zero-order valence-electron chi connectivity index (χ0n) is 11.8. The van der Waals surface area contributed by atoms with Crippen LogP contribution >= 0.6 is 23.2 Å². The highest BCUT2D eigenvalue weighted by Crippen LogP contribution is 2.22. The Kier molecular flexibility index (Phi) is 4.60. The van der Waals surface area contributed by atoms with Crippen LogP contribution in [0, 0.1) is 0 Å². The summed E-state index contributed by atoms with van der Waals surface area (Å²) >= 11 is 11.9. The first kappa shape index (κ1) is 15.5. The van der Waals surface area contributed by atoms with Gasteiger partial charge >= 0.3 is 5.97 Å². The molecule has 0 aliphatic heterocycles. The Balaban J connectivity index is 1.66. The number of hydrogen-bond donors (Lipinski definition) is 0. The second kappa shape index (κ2) is 6.81. The molecule has 1 aromatic heterocycles. The molecule has 0 saturated carbocycles. The maximum Gasteiger partial charge on any atom is 0.338 e. The molecule has 0 radical (unpaired) electrons. The van der Waals surface area contributed by atoms with Gasteiger partial charge in [-0.1, -0.05) is 29.3 Å². The van der Waals surface area contributed by atoms with Gasteiger partial charge < -0.3 is 4.74 Å². The highest BCUT2D eigenvalue weighted by Gasteiger charge is 2.09. The molecule has 1 heterocycles. The van der Waals surface area contributed by atoms with Gasteiger partial charge in [0.15, 0.2) is 0 Å². The van der Waals surface area contributed by atoms with E-state index in [4.69, 9.17) is 27.9 Å². The van der Waals surface area contributed by atoms with E-state index in [-0.39, 0.29) is 6.61 Å². The summed E-state index contributed by atoms with van der Waals surface area (Å²) in [6.07, 6.45) is 3.16. The lowest BCUT2D eigenvalue weighted by Gasteiger charge is -2.08. The summed E-state index contributed by atoms with van der Waals surface area (Å²) in [6.45, 7) is 0.0853. The molecular weight excluding hydrogens is 337 g/mol. The summed E-state index contributed by atoms with van der Waals surface area (Å²) in [6, 6.07) is 12.0. The number of halogens is 2. The Bertz CT molecular complexity index is 818. The fourth-order valence-corrected chi connectivity index (χ4v) is 2.43. The van der Waals surface area contributed by atoms with Gasteiger partial charge in [-0.25, -0.2) is 4.79 Å². The molecule has 0 saturated heterocycles. The fraction of sp³-hybridized carbons (Fsp3) is 0.0625. The molecule has 5 nitrogen and oxygen atoms in total. The third-order valence-corrected chi connectivity index (χ3v) is 3.78. The minimum Gasteiger partial charge on any atom is -0.457 e. The van der Waals surface area contributed by atoms with Crippen LogP contribution in [0.1, 0.15) is 15.9 Å². The first-order valence-corrected chi connectivity index (χ1v) is 7.45. The van der Waals surface area contributed by atoms with Crippen LogP contribution in [0.3, 0.4) is 0 Å². The van der Waals surface area contributed by atoms with Crippen LogP contribution in [-0.4, -0.2) is 20.7 Å². The van der Waals surface area contributed by atoms with E-state index >= 15 is 0 Å². The molecule has 0 amide bonds. The SMILES string of the molecule is O=C(OCc1ccc(Cl)cc1Cl)c1ccc(-n2cnnc2)cc1. The van der Waals surface area contributed by atoms with Crippen LogP contribution < -0.4 is 0 Å². The molecule has 0 aliphatic carbocycles. The van der Waals surface area contributed by atoms with Crippen LogP contribution in [0.25, 0.3) is 5.69 Å². The van der Waals surface area contributed by atoms with Gasteiger partial charge in [0.2, 0.25) is 0 Å². The topological polar surface area (TPSA) is 57.0 Å². The third kappa shape index (κ3) is 3.70. The summed E-state index contributed by atoms with van der Waals surface area (Å²) < 4.78 is 7.01. The molecule has 3 aromatic rings. The monoisotopic (exact) mass is 347 g/mol. The van der Waals surface area contributed by atoms with Crippen LogP contribution in [-0.2, 0) is 11.3 Å². The Labute approximate surface area is 142 Å². The van der Waals surface area contributed by atoms with Crippen molar-refractivity contribution in [1.82, 2.24) is 14.8 Å². The number of rotatable bonds is 4. The van der Waals surface area contributed by atoms with Crippen LogP contribution in [0.4, 0.5) is 0 Å². The average Bonchev–Trinajstić information content (AvgIpc) is 3.08. The number of benzene rings is 2. The number of ether oxygens (including phenoxy) is 1. The number of hydrogen-bond acceptors (Lipinski definition) is 4. The molecule has 7 heteroatoms. The molecule has 3 rings (SSSR count). The summed E-state index contributed by atoms with van der Waals surface area (Å²) in [4.78, 5) is 12.1. The normalized spacial score (nSPS) is 10.5. The summed E-state index contributed by atoms with van der Waals surface area (Å²) in [5.41, 5.74) is 2.00. The first-order chi connectivity index (χ1) is 11.1. The smallest absolute Gasteiger partial charge is 0.338 e. The van der Waals surface area contributed by atoms with Gasteiger partial charge in [-0.05, 0) is 36.4 Å². The van der Waals surface area contributed by atoms with Gasteiger partial charge in [0.05, 0.1) is 5.56 Å². The Morgan fingerprint density at radius 2 is 1.74 bits per heavy atom. The van der Waals surface area contributed by atoms with Crippen molar-refractivity contribution in [2.75, 3.05) is 0 Å². The van der Waals surface area contributed by atoms with Crippen LogP contribution in [0.2, 0.25) is 10.0 Å². The zero-order chi connectivity index (χ0) is 16.2. The molecule has 0 atom stereocenters. The molecular formula is C16H11Cl2N3O2. The Hall–Kier alpha value is -2.37. The van der Waals surface area contributed by atoms with Crippen LogP contribution in [0.5, 0.6) is 0 Å². The Morgan fingerprint density at radius 1 is 1.04 bits per heavy atom. The fourth-order valence-electron chi connectivity index (χ4n) is 1.97. The van der Waals surface area contributed by atoms with Crippen molar-refractivity contribution in [1.29, 1.82) is 0 Å². The van der Waals surface area contributed by atoms with E-state index in [1.165, 1.54) is 0 Å². The largest absolute Gasteiger partial charge is 0.457 e. The van der Waals surface area contributed by atoms with E-state index in [9.17, 15) is 4.79 Å². The summed E-state index contributed by atoms with van der Waals surface area (Å²) in [7, 11) is 0. The van der Waals surface area contributed by atoms with Crippen molar-refractivity contribution in [3.05, 3.63) is 76.3 Å². The molecule has 0 spiro atoms. The molecule has 0 unspecified atom stereocenters. The maximum absolute atomic E-state index is 12.1. The highest BCUT2D eigenvalue weighted by molar-refractivity contribution is 6.35. The van der Waals surface area contributed by atoms with Gasteiger partial charge in [-0.15, -0.1) is 10.2 Å². The quantitative estimate of drug-likeness (QED) is 0.671.